The first-order chi connectivity index (χ1) is 10.8. The summed E-state index contributed by atoms with van der Waals surface area (Å²) >= 11 is 0. The zero-order chi connectivity index (χ0) is 15.4. The summed E-state index contributed by atoms with van der Waals surface area (Å²) in [7, 11) is 1.36. The highest BCUT2D eigenvalue weighted by molar-refractivity contribution is 5.92. The number of benzene rings is 2. The van der Waals surface area contributed by atoms with Gasteiger partial charge >= 0.3 is 5.97 Å². The van der Waals surface area contributed by atoms with Crippen molar-refractivity contribution in [2.45, 2.75) is 0 Å². The Kier molecular flexibility index (Phi) is 3.97. The summed E-state index contributed by atoms with van der Waals surface area (Å²) in [4.78, 5) is 11.8. The molecule has 3 rings (SSSR count). The molecule has 2 aromatic carbocycles. The fourth-order valence-corrected chi connectivity index (χ4v) is 2.26. The van der Waals surface area contributed by atoms with Crippen LogP contribution in [0.2, 0.25) is 0 Å². The van der Waals surface area contributed by atoms with Gasteiger partial charge in [-0.25, -0.2) is 4.79 Å². The zero-order valence-corrected chi connectivity index (χ0v) is 12.1. The first-order valence-corrected chi connectivity index (χ1v) is 6.82. The molecule has 2 aromatic rings. The maximum atomic E-state index is 11.8. The molecule has 0 aliphatic carbocycles. The van der Waals surface area contributed by atoms with Crippen molar-refractivity contribution in [2.75, 3.05) is 20.3 Å². The minimum atomic E-state index is -0.391. The molecule has 0 spiro atoms. The third-order valence-electron chi connectivity index (χ3n) is 3.30. The Morgan fingerprint density at radius 3 is 2.41 bits per heavy atom. The highest BCUT2D eigenvalue weighted by Crippen LogP contribution is 2.37. The van der Waals surface area contributed by atoms with E-state index in [2.05, 4.69) is 11.8 Å². The van der Waals surface area contributed by atoms with Crippen molar-refractivity contribution in [1.82, 2.24) is 0 Å². The standard InChI is InChI=1S/C18H14O4/c1-20-18(19)13-8-9-17-15(12-13)14-6-2-3-7-16(14)21-10-4-5-11-22-17/h2-3,6-9,12H,10-11H2,1H3. The first kappa shape index (κ1) is 14.0. The van der Waals surface area contributed by atoms with E-state index in [1.54, 1.807) is 18.2 Å². The molecule has 110 valence electrons. The van der Waals surface area contributed by atoms with E-state index in [0.29, 0.717) is 23.7 Å². The number of rotatable bonds is 1. The van der Waals surface area contributed by atoms with Gasteiger partial charge in [-0.1, -0.05) is 30.0 Å². The van der Waals surface area contributed by atoms with Crippen LogP contribution in [-0.4, -0.2) is 26.3 Å². The molecular weight excluding hydrogens is 280 g/mol. The van der Waals surface area contributed by atoms with Crippen molar-refractivity contribution in [3.05, 3.63) is 48.0 Å². The van der Waals surface area contributed by atoms with Crippen molar-refractivity contribution in [3.8, 4) is 34.5 Å². The van der Waals surface area contributed by atoms with E-state index in [9.17, 15) is 4.79 Å². The van der Waals surface area contributed by atoms with Crippen LogP contribution in [0, 0.1) is 11.8 Å². The van der Waals surface area contributed by atoms with Gasteiger partial charge < -0.3 is 14.2 Å². The van der Waals surface area contributed by atoms with Crippen LogP contribution in [0.3, 0.4) is 0 Å². The molecular formula is C18H14O4. The van der Waals surface area contributed by atoms with Crippen LogP contribution < -0.4 is 9.47 Å². The van der Waals surface area contributed by atoms with Crippen LogP contribution >= 0.6 is 0 Å². The summed E-state index contributed by atoms with van der Waals surface area (Å²) in [5.74, 6) is 6.74. The Bertz CT molecular complexity index is 768. The van der Waals surface area contributed by atoms with Gasteiger partial charge in [0.25, 0.3) is 0 Å². The average molecular weight is 294 g/mol. The lowest BCUT2D eigenvalue weighted by atomic mass is 10.0. The highest BCUT2D eigenvalue weighted by Gasteiger charge is 2.16. The predicted molar refractivity (Wildman–Crippen MR) is 82.0 cm³/mol. The van der Waals surface area contributed by atoms with Crippen LogP contribution in [0.25, 0.3) is 11.1 Å². The molecule has 0 N–H and O–H groups in total. The van der Waals surface area contributed by atoms with E-state index in [0.717, 1.165) is 11.1 Å². The monoisotopic (exact) mass is 294 g/mol. The Morgan fingerprint density at radius 2 is 1.68 bits per heavy atom. The summed E-state index contributed by atoms with van der Waals surface area (Å²) in [5, 5.41) is 0. The molecule has 0 saturated heterocycles. The maximum Gasteiger partial charge on any atom is 0.337 e. The maximum absolute atomic E-state index is 11.8. The second-order valence-electron chi connectivity index (χ2n) is 4.63. The van der Waals surface area contributed by atoms with Crippen LogP contribution in [0.15, 0.2) is 42.5 Å². The minimum absolute atomic E-state index is 0.274. The van der Waals surface area contributed by atoms with E-state index >= 15 is 0 Å². The van der Waals surface area contributed by atoms with Gasteiger partial charge in [-0.15, -0.1) is 0 Å². The van der Waals surface area contributed by atoms with Crippen molar-refractivity contribution in [1.29, 1.82) is 0 Å². The van der Waals surface area contributed by atoms with Crippen molar-refractivity contribution in [3.63, 3.8) is 0 Å². The molecule has 0 atom stereocenters. The normalized spacial score (nSPS) is 12.4. The lowest BCUT2D eigenvalue weighted by molar-refractivity contribution is 0.0600. The molecule has 1 aliphatic heterocycles. The molecule has 4 nitrogen and oxygen atoms in total. The van der Waals surface area contributed by atoms with Gasteiger partial charge in [-0.05, 0) is 24.3 Å². The lowest BCUT2D eigenvalue weighted by Gasteiger charge is -2.15. The molecule has 0 aromatic heterocycles. The molecule has 1 aliphatic rings. The molecule has 0 radical (unpaired) electrons. The van der Waals surface area contributed by atoms with Gasteiger partial charge in [0.15, 0.2) is 0 Å². The van der Waals surface area contributed by atoms with Gasteiger partial charge in [0.1, 0.15) is 24.7 Å². The number of fused-ring (bicyclic) bond motifs is 3. The van der Waals surface area contributed by atoms with E-state index in [1.165, 1.54) is 7.11 Å². The number of carbonyl (C=O) groups excluding carboxylic acids is 1. The van der Waals surface area contributed by atoms with Crippen LogP contribution in [0.4, 0.5) is 0 Å². The molecule has 0 amide bonds. The number of ether oxygens (including phenoxy) is 3. The summed E-state index contributed by atoms with van der Waals surface area (Å²) in [6, 6.07) is 12.8. The molecule has 1 heterocycles. The van der Waals surface area contributed by atoms with Gasteiger partial charge in [-0.3, -0.25) is 0 Å². The SMILES string of the molecule is COC(=O)c1ccc2c(c1)-c1ccccc1OCC#CCO2. The second kappa shape index (κ2) is 6.23. The molecule has 0 fully saturated rings. The summed E-state index contributed by atoms with van der Waals surface area (Å²) < 4.78 is 16.2. The molecule has 0 unspecified atom stereocenters. The van der Waals surface area contributed by atoms with Crippen LogP contribution in [0.5, 0.6) is 11.5 Å². The average Bonchev–Trinajstić information content (AvgIpc) is 2.58. The smallest absolute Gasteiger partial charge is 0.337 e. The summed E-state index contributed by atoms with van der Waals surface area (Å²) in [6.45, 7) is 0.572. The first-order valence-electron chi connectivity index (χ1n) is 6.82. The number of esters is 1. The number of carbonyl (C=O) groups is 1. The Balaban J connectivity index is 2.17. The quantitative estimate of drug-likeness (QED) is 0.599. The molecule has 4 heteroatoms. The van der Waals surface area contributed by atoms with E-state index in [1.807, 2.05) is 24.3 Å². The van der Waals surface area contributed by atoms with E-state index < -0.39 is 5.97 Å². The number of para-hydroxylation sites is 1. The number of hydrogen-bond acceptors (Lipinski definition) is 4. The molecule has 0 saturated carbocycles. The lowest BCUT2D eigenvalue weighted by Crippen LogP contribution is -2.05. The molecule has 22 heavy (non-hydrogen) atoms. The number of methoxy groups -OCH3 is 1. The number of hydrogen-bond donors (Lipinski definition) is 0. The Labute approximate surface area is 128 Å². The van der Waals surface area contributed by atoms with E-state index in [4.69, 9.17) is 14.2 Å². The fourth-order valence-electron chi connectivity index (χ4n) is 2.26. The van der Waals surface area contributed by atoms with Gasteiger partial charge in [0, 0.05) is 11.1 Å². The summed E-state index contributed by atoms with van der Waals surface area (Å²) in [5.41, 5.74) is 2.09. The van der Waals surface area contributed by atoms with Gasteiger partial charge in [0.2, 0.25) is 0 Å². The van der Waals surface area contributed by atoms with Crippen LogP contribution in [0.1, 0.15) is 10.4 Å². The molecule has 0 bridgehead atoms. The summed E-state index contributed by atoms with van der Waals surface area (Å²) in [6.07, 6.45) is 0. The van der Waals surface area contributed by atoms with Gasteiger partial charge in [0.05, 0.1) is 12.7 Å². The van der Waals surface area contributed by atoms with Crippen LogP contribution in [-0.2, 0) is 4.74 Å². The minimum Gasteiger partial charge on any atom is -0.480 e. The highest BCUT2D eigenvalue weighted by atomic mass is 16.5. The fraction of sp³-hybridized carbons (Fsp3) is 0.167. The van der Waals surface area contributed by atoms with Crippen molar-refractivity contribution < 1.29 is 19.0 Å². The third-order valence-corrected chi connectivity index (χ3v) is 3.30. The topological polar surface area (TPSA) is 44.8 Å². The third kappa shape index (κ3) is 2.75. The van der Waals surface area contributed by atoms with E-state index in [-0.39, 0.29) is 6.61 Å². The zero-order valence-electron chi connectivity index (χ0n) is 12.1. The Hall–Kier alpha value is -2.93. The predicted octanol–water partition coefficient (Wildman–Crippen LogP) is 2.91. The van der Waals surface area contributed by atoms with Crippen molar-refractivity contribution in [2.24, 2.45) is 0 Å². The second-order valence-corrected chi connectivity index (χ2v) is 4.63. The van der Waals surface area contributed by atoms with Gasteiger partial charge in [-0.2, -0.15) is 0 Å². The largest absolute Gasteiger partial charge is 0.480 e. The van der Waals surface area contributed by atoms with Crippen molar-refractivity contribution >= 4 is 5.97 Å². The Morgan fingerprint density at radius 1 is 1.00 bits per heavy atom.